The fourth-order valence-corrected chi connectivity index (χ4v) is 3.64. The summed E-state index contributed by atoms with van der Waals surface area (Å²) in [5, 5.41) is 6.55. The summed E-state index contributed by atoms with van der Waals surface area (Å²) >= 11 is 0. The molecule has 0 bridgehead atoms. The van der Waals surface area contributed by atoms with Crippen LogP contribution in [0.15, 0.2) is 23.2 Å². The minimum atomic E-state index is -2.88. The van der Waals surface area contributed by atoms with Crippen LogP contribution in [0.2, 0.25) is 0 Å². The number of guanidine groups is 1. The predicted molar refractivity (Wildman–Crippen MR) is 125 cm³/mol. The van der Waals surface area contributed by atoms with Gasteiger partial charge in [-0.05, 0) is 50.3 Å². The number of hydrogen-bond acceptors (Lipinski definition) is 4. The molecule has 30 heavy (non-hydrogen) atoms. The van der Waals surface area contributed by atoms with E-state index in [2.05, 4.69) is 20.5 Å². The molecule has 2 aliphatic rings. The fourth-order valence-electron chi connectivity index (χ4n) is 3.64. The summed E-state index contributed by atoms with van der Waals surface area (Å²) in [5.41, 5.74) is 0.623. The number of alkyl halides is 2. The smallest absolute Gasteiger partial charge is 0.387 e. The standard InChI is InChI=1S/C21H32F2N4O2.HI/c1-3-10-28-18-7-4-16(19(11-18)29-20(22)23)13-26-21(24-2)25-12-15-8-9-27(14-15)17-5-6-17;/h4,7,11,15,17,20H,3,5-6,8-10,12-14H2,1-2H3,(H2,24,25,26);1H. The highest BCUT2D eigenvalue weighted by Gasteiger charge is 2.34. The van der Waals surface area contributed by atoms with Crippen LogP contribution >= 0.6 is 24.0 Å². The van der Waals surface area contributed by atoms with Gasteiger partial charge < -0.3 is 25.0 Å². The molecule has 6 nitrogen and oxygen atoms in total. The molecule has 1 atom stereocenters. The highest BCUT2D eigenvalue weighted by molar-refractivity contribution is 14.0. The molecule has 0 amide bonds. The molecule has 2 N–H and O–H groups in total. The Hall–Kier alpha value is -1.36. The quantitative estimate of drug-likeness (QED) is 0.270. The lowest BCUT2D eigenvalue weighted by atomic mass is 10.1. The number of rotatable bonds is 10. The van der Waals surface area contributed by atoms with Gasteiger partial charge in [0, 0.05) is 44.4 Å². The number of hydrogen-bond donors (Lipinski definition) is 2. The van der Waals surface area contributed by atoms with Crippen LogP contribution in [0.3, 0.4) is 0 Å². The van der Waals surface area contributed by atoms with E-state index in [9.17, 15) is 8.78 Å². The molecular weight excluding hydrogens is 505 g/mol. The first kappa shape index (κ1) is 24.9. The van der Waals surface area contributed by atoms with Gasteiger partial charge in [-0.15, -0.1) is 24.0 Å². The van der Waals surface area contributed by atoms with Gasteiger partial charge in [-0.25, -0.2) is 0 Å². The van der Waals surface area contributed by atoms with Crippen LogP contribution in [0, 0.1) is 5.92 Å². The Morgan fingerprint density at radius 3 is 2.73 bits per heavy atom. The second-order valence-electron chi connectivity index (χ2n) is 7.68. The summed E-state index contributed by atoms with van der Waals surface area (Å²) in [4.78, 5) is 6.83. The zero-order chi connectivity index (χ0) is 20.6. The van der Waals surface area contributed by atoms with Crippen LogP contribution in [0.5, 0.6) is 11.5 Å². The third-order valence-electron chi connectivity index (χ3n) is 5.34. The second kappa shape index (κ2) is 12.5. The average molecular weight is 538 g/mol. The Morgan fingerprint density at radius 2 is 2.07 bits per heavy atom. The number of likely N-dealkylation sites (tertiary alicyclic amines) is 1. The van der Waals surface area contributed by atoms with E-state index in [1.165, 1.54) is 31.9 Å². The lowest BCUT2D eigenvalue weighted by Crippen LogP contribution is -2.40. The van der Waals surface area contributed by atoms with Gasteiger partial charge in [0.05, 0.1) is 6.61 Å². The first-order valence-electron chi connectivity index (χ1n) is 10.5. The molecule has 1 aliphatic carbocycles. The molecule has 1 aromatic rings. The van der Waals surface area contributed by atoms with Gasteiger partial charge >= 0.3 is 6.61 Å². The number of benzene rings is 1. The minimum Gasteiger partial charge on any atom is -0.493 e. The Balaban J connectivity index is 0.00000320. The first-order chi connectivity index (χ1) is 14.1. The van der Waals surface area contributed by atoms with E-state index >= 15 is 0 Å². The molecule has 0 aromatic heterocycles. The highest BCUT2D eigenvalue weighted by Crippen LogP contribution is 2.31. The molecule has 1 aromatic carbocycles. The average Bonchev–Trinajstić information content (AvgIpc) is 3.45. The summed E-state index contributed by atoms with van der Waals surface area (Å²) in [5.74, 6) is 1.91. The second-order valence-corrected chi connectivity index (χ2v) is 7.68. The molecular formula is C21H33F2IN4O2. The van der Waals surface area contributed by atoms with Crippen molar-refractivity contribution in [2.45, 2.75) is 51.8 Å². The van der Waals surface area contributed by atoms with Gasteiger partial charge in [0.15, 0.2) is 5.96 Å². The van der Waals surface area contributed by atoms with Gasteiger partial charge in [0.2, 0.25) is 0 Å². The number of nitrogens with one attached hydrogen (secondary N) is 2. The van der Waals surface area contributed by atoms with Crippen molar-refractivity contribution in [2.75, 3.05) is 33.3 Å². The van der Waals surface area contributed by atoms with Crippen molar-refractivity contribution < 1.29 is 18.3 Å². The van der Waals surface area contributed by atoms with E-state index in [0.717, 1.165) is 25.6 Å². The maximum absolute atomic E-state index is 12.8. The monoisotopic (exact) mass is 538 g/mol. The number of ether oxygens (including phenoxy) is 2. The van der Waals surface area contributed by atoms with Crippen LogP contribution in [-0.4, -0.2) is 56.8 Å². The summed E-state index contributed by atoms with van der Waals surface area (Å²) < 4.78 is 35.8. The van der Waals surface area contributed by atoms with E-state index in [4.69, 9.17) is 9.47 Å². The van der Waals surface area contributed by atoms with E-state index in [1.807, 2.05) is 6.92 Å². The van der Waals surface area contributed by atoms with E-state index < -0.39 is 6.61 Å². The van der Waals surface area contributed by atoms with E-state index in [0.29, 0.717) is 36.3 Å². The third-order valence-corrected chi connectivity index (χ3v) is 5.34. The molecule has 0 spiro atoms. The van der Waals surface area contributed by atoms with Crippen LogP contribution in [0.25, 0.3) is 0 Å². The summed E-state index contributed by atoms with van der Waals surface area (Å²) in [6.07, 6.45) is 4.73. The van der Waals surface area contributed by atoms with Gasteiger partial charge in [0.1, 0.15) is 11.5 Å². The number of aliphatic imine (C=N–C) groups is 1. The molecule has 2 fully saturated rings. The lowest BCUT2D eigenvalue weighted by molar-refractivity contribution is -0.0505. The first-order valence-corrected chi connectivity index (χ1v) is 10.5. The molecule has 170 valence electrons. The summed E-state index contributed by atoms with van der Waals surface area (Å²) in [6.45, 7) is 3.14. The fraction of sp³-hybridized carbons (Fsp3) is 0.667. The molecule has 9 heteroatoms. The summed E-state index contributed by atoms with van der Waals surface area (Å²) in [6, 6.07) is 5.84. The lowest BCUT2D eigenvalue weighted by Gasteiger charge is -2.18. The van der Waals surface area contributed by atoms with Crippen molar-refractivity contribution in [2.24, 2.45) is 10.9 Å². The van der Waals surface area contributed by atoms with Crippen LogP contribution in [-0.2, 0) is 6.54 Å². The van der Waals surface area contributed by atoms with Crippen LogP contribution < -0.4 is 20.1 Å². The third kappa shape index (κ3) is 7.72. The van der Waals surface area contributed by atoms with Crippen LogP contribution in [0.1, 0.15) is 38.2 Å². The van der Waals surface area contributed by atoms with Crippen molar-refractivity contribution in [3.8, 4) is 11.5 Å². The van der Waals surface area contributed by atoms with Gasteiger partial charge in [-0.3, -0.25) is 4.99 Å². The Kier molecular flexibility index (Phi) is 10.4. The molecule has 1 saturated carbocycles. The number of halogens is 3. The van der Waals surface area contributed by atoms with Crippen molar-refractivity contribution in [1.29, 1.82) is 0 Å². The SMILES string of the molecule is CCCOc1ccc(CNC(=NC)NCC2CCN(C3CC3)C2)c(OC(F)F)c1.I. The zero-order valence-corrected chi connectivity index (χ0v) is 20.0. The highest BCUT2D eigenvalue weighted by atomic mass is 127. The predicted octanol–water partition coefficient (Wildman–Crippen LogP) is 3.84. The van der Waals surface area contributed by atoms with Crippen molar-refractivity contribution >= 4 is 29.9 Å². The molecule has 1 aliphatic heterocycles. The topological polar surface area (TPSA) is 58.1 Å². The van der Waals surface area contributed by atoms with E-state index in [1.54, 1.807) is 19.2 Å². The van der Waals surface area contributed by atoms with Crippen molar-refractivity contribution in [3.05, 3.63) is 23.8 Å². The van der Waals surface area contributed by atoms with Gasteiger partial charge in [-0.2, -0.15) is 8.78 Å². The molecule has 1 saturated heterocycles. The van der Waals surface area contributed by atoms with Crippen molar-refractivity contribution in [1.82, 2.24) is 15.5 Å². The molecule has 1 heterocycles. The maximum atomic E-state index is 12.8. The van der Waals surface area contributed by atoms with E-state index in [-0.39, 0.29) is 29.7 Å². The summed E-state index contributed by atoms with van der Waals surface area (Å²) in [7, 11) is 1.71. The largest absolute Gasteiger partial charge is 0.493 e. The molecule has 3 rings (SSSR count). The Morgan fingerprint density at radius 1 is 1.27 bits per heavy atom. The Bertz CT molecular complexity index is 689. The number of nitrogens with zero attached hydrogens (tertiary/aromatic N) is 2. The van der Waals surface area contributed by atoms with Gasteiger partial charge in [0.25, 0.3) is 0 Å². The maximum Gasteiger partial charge on any atom is 0.387 e. The molecule has 0 radical (unpaired) electrons. The van der Waals surface area contributed by atoms with Crippen molar-refractivity contribution in [3.63, 3.8) is 0 Å². The zero-order valence-electron chi connectivity index (χ0n) is 17.7. The minimum absolute atomic E-state index is 0. The molecule has 1 unspecified atom stereocenters. The van der Waals surface area contributed by atoms with Gasteiger partial charge in [-0.1, -0.05) is 6.92 Å². The normalized spacial score (nSPS) is 19.5. The van der Waals surface area contributed by atoms with Crippen LogP contribution in [0.4, 0.5) is 8.78 Å². The Labute approximate surface area is 194 Å².